The predicted octanol–water partition coefficient (Wildman–Crippen LogP) is 7.40. The van der Waals surface area contributed by atoms with E-state index in [1.54, 1.807) is 26.1 Å². The highest BCUT2D eigenvalue weighted by atomic mass is 19.4. The highest BCUT2D eigenvalue weighted by molar-refractivity contribution is 6.05. The number of halogens is 3. The number of imidazole rings is 1. The van der Waals surface area contributed by atoms with Gasteiger partial charge in [-0.1, -0.05) is 31.1 Å². The molecule has 0 aliphatic carbocycles. The van der Waals surface area contributed by atoms with Crippen molar-refractivity contribution in [2.75, 3.05) is 0 Å². The van der Waals surface area contributed by atoms with Crippen LogP contribution in [0.15, 0.2) is 47.1 Å². The third-order valence-electron chi connectivity index (χ3n) is 5.44. The number of alkyl halides is 3. The number of aryl methyl sites for hydroxylation is 3. The number of benzene rings is 2. The van der Waals surface area contributed by atoms with Gasteiger partial charge in [0.15, 0.2) is 0 Å². The Bertz CT molecular complexity index is 1440. The van der Waals surface area contributed by atoms with Crippen molar-refractivity contribution in [2.45, 2.75) is 40.8 Å². The van der Waals surface area contributed by atoms with E-state index in [9.17, 15) is 13.2 Å². The van der Waals surface area contributed by atoms with Gasteiger partial charge in [-0.25, -0.2) is 4.98 Å². The third kappa shape index (κ3) is 3.86. The van der Waals surface area contributed by atoms with Crippen molar-refractivity contribution in [3.63, 3.8) is 0 Å². The van der Waals surface area contributed by atoms with Crippen LogP contribution in [0.3, 0.4) is 0 Å². The number of pyridine rings is 1. The van der Waals surface area contributed by atoms with Gasteiger partial charge in [0.25, 0.3) is 0 Å². The zero-order valence-corrected chi connectivity index (χ0v) is 18.9. The fraction of sp³-hybridized carbons (Fsp3) is 0.240. The summed E-state index contributed by atoms with van der Waals surface area (Å²) < 4.78 is 45.7. The molecule has 0 radical (unpaired) electrons. The SMILES string of the molecule is CC.Cc1ccc2ncccc2c1-c1cc(-c2c(C)noc2C)cc2[nH]c(C(F)(F)F)nc12. The van der Waals surface area contributed by atoms with Gasteiger partial charge in [-0.15, -0.1) is 0 Å². The average Bonchev–Trinajstić information content (AvgIpc) is 3.37. The second-order valence-corrected chi connectivity index (χ2v) is 7.53. The molecule has 33 heavy (non-hydrogen) atoms. The lowest BCUT2D eigenvalue weighted by Crippen LogP contribution is -2.06. The first-order valence-corrected chi connectivity index (χ1v) is 10.6. The minimum atomic E-state index is -4.59. The number of hydrogen-bond acceptors (Lipinski definition) is 4. The highest BCUT2D eigenvalue weighted by Crippen LogP contribution is 2.40. The molecule has 0 bridgehead atoms. The lowest BCUT2D eigenvalue weighted by atomic mass is 9.92. The molecule has 3 heterocycles. The maximum absolute atomic E-state index is 13.5. The molecule has 5 aromatic rings. The Morgan fingerprint density at radius 2 is 1.73 bits per heavy atom. The molecule has 0 amide bonds. The lowest BCUT2D eigenvalue weighted by molar-refractivity contribution is -0.144. The number of rotatable bonds is 2. The highest BCUT2D eigenvalue weighted by Gasteiger charge is 2.35. The molecule has 0 aliphatic rings. The van der Waals surface area contributed by atoms with Crippen molar-refractivity contribution in [2.24, 2.45) is 0 Å². The summed E-state index contributed by atoms with van der Waals surface area (Å²) in [5.74, 6) is -0.439. The minimum absolute atomic E-state index is 0.252. The third-order valence-corrected chi connectivity index (χ3v) is 5.44. The largest absolute Gasteiger partial charge is 0.449 e. The van der Waals surface area contributed by atoms with Crippen molar-refractivity contribution >= 4 is 21.9 Å². The van der Waals surface area contributed by atoms with E-state index in [4.69, 9.17) is 4.52 Å². The normalized spacial score (nSPS) is 11.6. The number of aromatic nitrogens is 4. The second kappa shape index (κ2) is 8.35. The molecule has 3 aromatic heterocycles. The van der Waals surface area contributed by atoms with E-state index in [0.29, 0.717) is 28.1 Å². The lowest BCUT2D eigenvalue weighted by Gasteiger charge is -2.13. The number of hydrogen-bond donors (Lipinski definition) is 1. The number of fused-ring (bicyclic) bond motifs is 2. The van der Waals surface area contributed by atoms with Crippen LogP contribution >= 0.6 is 0 Å². The molecule has 1 N–H and O–H groups in total. The average molecular weight is 452 g/mol. The van der Waals surface area contributed by atoms with Gasteiger partial charge in [0.2, 0.25) is 5.82 Å². The zero-order chi connectivity index (χ0) is 23.9. The molecule has 5 nitrogen and oxygen atoms in total. The first kappa shape index (κ1) is 22.5. The molecule has 0 unspecified atom stereocenters. The van der Waals surface area contributed by atoms with Crippen molar-refractivity contribution in [1.29, 1.82) is 0 Å². The summed E-state index contributed by atoms with van der Waals surface area (Å²) >= 11 is 0. The molecule has 0 atom stereocenters. The van der Waals surface area contributed by atoms with Crippen LogP contribution in [0.5, 0.6) is 0 Å². The second-order valence-electron chi connectivity index (χ2n) is 7.53. The predicted molar refractivity (Wildman–Crippen MR) is 123 cm³/mol. The van der Waals surface area contributed by atoms with Crippen LogP contribution < -0.4 is 0 Å². The Balaban J connectivity index is 0.00000126. The molecule has 0 saturated heterocycles. The fourth-order valence-corrected chi connectivity index (χ4v) is 4.10. The Kier molecular flexibility index (Phi) is 5.69. The van der Waals surface area contributed by atoms with Gasteiger partial charge in [0.05, 0.1) is 22.2 Å². The van der Waals surface area contributed by atoms with E-state index in [2.05, 4.69) is 20.1 Å². The van der Waals surface area contributed by atoms with E-state index in [1.165, 1.54) is 0 Å². The van der Waals surface area contributed by atoms with Crippen LogP contribution in [0.2, 0.25) is 0 Å². The van der Waals surface area contributed by atoms with Gasteiger partial charge in [0.1, 0.15) is 5.76 Å². The summed E-state index contributed by atoms with van der Waals surface area (Å²) in [6, 6.07) is 11.0. The standard InChI is InChI=1S/C23H17F3N4O.C2H6/c1-11-6-7-17-15(5-4-8-27-17)19(11)16-9-14(20-12(2)30-31-13(20)3)10-18-21(16)29-22(28-18)23(24,25)26;1-2/h4-10H,1-3H3,(H,28,29);1-2H3. The van der Waals surface area contributed by atoms with Crippen LogP contribution in [0.4, 0.5) is 13.2 Å². The molecule has 170 valence electrons. The Hall–Kier alpha value is -3.68. The van der Waals surface area contributed by atoms with Gasteiger partial charge in [-0.2, -0.15) is 13.2 Å². The topological polar surface area (TPSA) is 67.6 Å². The Labute approximate surface area is 188 Å². The van der Waals surface area contributed by atoms with Crippen molar-refractivity contribution in [3.05, 3.63) is 65.4 Å². The Morgan fingerprint density at radius 1 is 0.970 bits per heavy atom. The number of nitrogens with zero attached hydrogens (tertiary/aromatic N) is 3. The van der Waals surface area contributed by atoms with Crippen molar-refractivity contribution in [1.82, 2.24) is 20.1 Å². The number of aromatic amines is 1. The van der Waals surface area contributed by atoms with E-state index >= 15 is 0 Å². The molecule has 0 saturated carbocycles. The molecular weight excluding hydrogens is 429 g/mol. The fourth-order valence-electron chi connectivity index (χ4n) is 4.10. The minimum Gasteiger partial charge on any atom is -0.361 e. The quantitative estimate of drug-likeness (QED) is 0.303. The van der Waals surface area contributed by atoms with Crippen molar-refractivity contribution < 1.29 is 17.7 Å². The van der Waals surface area contributed by atoms with Crippen LogP contribution in [0, 0.1) is 20.8 Å². The molecule has 0 spiro atoms. The van der Waals surface area contributed by atoms with E-state index in [0.717, 1.165) is 27.6 Å². The van der Waals surface area contributed by atoms with Gasteiger partial charge >= 0.3 is 6.18 Å². The molecule has 0 aliphatic heterocycles. The molecule has 0 fully saturated rings. The summed E-state index contributed by atoms with van der Waals surface area (Å²) in [4.78, 5) is 10.8. The summed E-state index contributed by atoms with van der Waals surface area (Å²) in [6.07, 6.45) is -2.90. The van der Waals surface area contributed by atoms with Crippen molar-refractivity contribution in [3.8, 4) is 22.3 Å². The van der Waals surface area contributed by atoms with Crippen LogP contribution in [-0.4, -0.2) is 20.1 Å². The number of nitrogens with one attached hydrogen (secondary N) is 1. The Morgan fingerprint density at radius 3 is 2.39 bits per heavy atom. The first-order chi connectivity index (χ1) is 15.7. The monoisotopic (exact) mass is 452 g/mol. The van der Waals surface area contributed by atoms with E-state index in [-0.39, 0.29) is 5.52 Å². The van der Waals surface area contributed by atoms with Gasteiger partial charge in [-0.05, 0) is 61.7 Å². The summed E-state index contributed by atoms with van der Waals surface area (Å²) in [5, 5.41) is 4.84. The smallest absolute Gasteiger partial charge is 0.361 e. The summed E-state index contributed by atoms with van der Waals surface area (Å²) in [5.41, 5.74) is 5.72. The number of H-pyrrole nitrogens is 1. The summed E-state index contributed by atoms with van der Waals surface area (Å²) in [6.45, 7) is 9.50. The van der Waals surface area contributed by atoms with Gasteiger partial charge < -0.3 is 9.51 Å². The summed E-state index contributed by atoms with van der Waals surface area (Å²) in [7, 11) is 0. The van der Waals surface area contributed by atoms with E-state index in [1.807, 2.05) is 51.1 Å². The molecule has 5 rings (SSSR count). The zero-order valence-electron chi connectivity index (χ0n) is 18.9. The maximum Gasteiger partial charge on any atom is 0.449 e. The molecule has 8 heteroatoms. The molecule has 2 aromatic carbocycles. The van der Waals surface area contributed by atoms with Crippen LogP contribution in [0.1, 0.15) is 36.7 Å². The van der Waals surface area contributed by atoms with Crippen LogP contribution in [0.25, 0.3) is 44.2 Å². The maximum atomic E-state index is 13.5. The first-order valence-electron chi connectivity index (χ1n) is 10.6. The van der Waals surface area contributed by atoms with Gasteiger partial charge in [-0.3, -0.25) is 4.98 Å². The van der Waals surface area contributed by atoms with E-state index < -0.39 is 12.0 Å². The van der Waals surface area contributed by atoms with Gasteiger partial charge in [0, 0.05) is 22.7 Å². The van der Waals surface area contributed by atoms with Crippen LogP contribution in [-0.2, 0) is 6.18 Å². The molecular formula is C25H23F3N4O.